The van der Waals surface area contributed by atoms with Gasteiger partial charge in [0, 0.05) is 12.0 Å². The Morgan fingerprint density at radius 3 is 2.37 bits per heavy atom. The molecule has 0 saturated carbocycles. The molecule has 13 heteroatoms. The second-order valence-electron chi connectivity index (χ2n) is 11.1. The van der Waals surface area contributed by atoms with E-state index in [4.69, 9.17) is 11.5 Å². The van der Waals surface area contributed by atoms with E-state index >= 15 is 0 Å². The fourth-order valence-electron chi connectivity index (χ4n) is 4.70. The summed E-state index contributed by atoms with van der Waals surface area (Å²) in [6.07, 6.45) is 2.38. The molecule has 0 fully saturated rings. The van der Waals surface area contributed by atoms with Crippen LogP contribution >= 0.6 is 0 Å². The number of nitrogens with zero attached hydrogens (tertiary/aromatic N) is 2. The molecule has 1 aromatic heterocycles. The highest BCUT2D eigenvalue weighted by molar-refractivity contribution is 5.94. The van der Waals surface area contributed by atoms with Gasteiger partial charge in [-0.25, -0.2) is 9.37 Å². The molecule has 1 heterocycles. The Kier molecular flexibility index (Phi) is 11.2. The van der Waals surface area contributed by atoms with Gasteiger partial charge in [0.2, 0.25) is 11.8 Å². The lowest BCUT2D eigenvalue weighted by Gasteiger charge is -2.27. The minimum Gasteiger partial charge on any atom is -0.480 e. The number of carbonyl (C=O) groups excluding carboxylic acids is 3. The first-order valence-electron chi connectivity index (χ1n) is 13.8. The zero-order chi connectivity index (χ0) is 31.7. The number of carbonyl (C=O) groups is 4. The van der Waals surface area contributed by atoms with Crippen LogP contribution in [0.2, 0.25) is 0 Å². The van der Waals surface area contributed by atoms with Crippen molar-refractivity contribution in [2.45, 2.75) is 69.7 Å². The molecular weight excluding hydrogens is 559 g/mol. The van der Waals surface area contributed by atoms with Crippen LogP contribution in [0.25, 0.3) is 11.0 Å². The molecule has 3 amide bonds. The third-order valence-corrected chi connectivity index (χ3v) is 6.92. The number of halogens is 1. The minimum atomic E-state index is -1.78. The highest BCUT2D eigenvalue weighted by Gasteiger charge is 2.34. The van der Waals surface area contributed by atoms with E-state index in [0.717, 1.165) is 0 Å². The van der Waals surface area contributed by atoms with Crippen molar-refractivity contribution >= 4 is 34.7 Å². The standard InChI is InChI=1S/C30H37FN6O6/c1-30(2,43)12-6-8-18(27(39)37-25(26(33)38)24(32)29(41)42)15-20(14-17-7-5-9-19(31)13-17)35-28(40)23-16-34-21-10-3-4-11-22(21)36-23/h3-5,7,9-11,13,16,18,20,24-25,43H,6,8,12,14-15,32H2,1-2H3,(H2,33,38)(H,35,40)(H,37,39)(H,41,42)/t18-,20-,24?,25-/m1/s1. The molecule has 0 aliphatic carbocycles. The number of benzene rings is 2. The van der Waals surface area contributed by atoms with E-state index in [0.29, 0.717) is 29.4 Å². The number of para-hydroxylation sites is 2. The van der Waals surface area contributed by atoms with Gasteiger partial charge < -0.3 is 32.3 Å². The Morgan fingerprint density at radius 1 is 1.05 bits per heavy atom. The maximum Gasteiger partial charge on any atom is 0.323 e. The summed E-state index contributed by atoms with van der Waals surface area (Å²) in [5, 5.41) is 24.7. The predicted molar refractivity (Wildman–Crippen MR) is 156 cm³/mol. The maximum absolute atomic E-state index is 14.0. The van der Waals surface area contributed by atoms with E-state index in [-0.39, 0.29) is 25.0 Å². The fourth-order valence-corrected chi connectivity index (χ4v) is 4.70. The number of primary amides is 1. The van der Waals surface area contributed by atoms with Gasteiger partial charge in [0.05, 0.1) is 22.8 Å². The second-order valence-corrected chi connectivity index (χ2v) is 11.1. The van der Waals surface area contributed by atoms with Crippen molar-refractivity contribution in [1.29, 1.82) is 0 Å². The predicted octanol–water partition coefficient (Wildman–Crippen LogP) is 1.44. The monoisotopic (exact) mass is 596 g/mol. The van der Waals surface area contributed by atoms with Gasteiger partial charge in [-0.2, -0.15) is 0 Å². The van der Waals surface area contributed by atoms with E-state index < -0.39 is 59.2 Å². The molecular formula is C30H37FN6O6. The van der Waals surface area contributed by atoms with Crippen LogP contribution in [0.3, 0.4) is 0 Å². The molecule has 0 radical (unpaired) electrons. The number of amides is 3. The fraction of sp³-hybridized carbons (Fsp3) is 0.400. The number of carboxylic acids is 1. The molecule has 43 heavy (non-hydrogen) atoms. The number of aliphatic hydroxyl groups is 1. The van der Waals surface area contributed by atoms with Crippen LogP contribution in [-0.4, -0.2) is 67.6 Å². The van der Waals surface area contributed by atoms with Crippen molar-refractivity contribution in [2.75, 3.05) is 0 Å². The van der Waals surface area contributed by atoms with Gasteiger partial charge in [-0.3, -0.25) is 24.2 Å². The van der Waals surface area contributed by atoms with Crippen molar-refractivity contribution in [3.63, 3.8) is 0 Å². The molecule has 0 bridgehead atoms. The largest absolute Gasteiger partial charge is 0.480 e. The van der Waals surface area contributed by atoms with Gasteiger partial charge in [-0.15, -0.1) is 0 Å². The number of aliphatic carboxylic acids is 1. The molecule has 2 aromatic carbocycles. The quantitative estimate of drug-likeness (QED) is 0.150. The van der Waals surface area contributed by atoms with Crippen LogP contribution in [0, 0.1) is 11.7 Å². The number of rotatable bonds is 15. The van der Waals surface area contributed by atoms with Crippen LogP contribution in [-0.2, 0) is 20.8 Å². The van der Waals surface area contributed by atoms with Gasteiger partial charge >= 0.3 is 5.97 Å². The summed E-state index contributed by atoms with van der Waals surface area (Å²) in [5.74, 6) is -5.30. The van der Waals surface area contributed by atoms with E-state index in [9.17, 15) is 33.8 Å². The number of aromatic nitrogens is 2. The maximum atomic E-state index is 14.0. The van der Waals surface area contributed by atoms with E-state index in [1.54, 1.807) is 44.2 Å². The van der Waals surface area contributed by atoms with E-state index in [2.05, 4.69) is 20.6 Å². The molecule has 0 spiro atoms. The van der Waals surface area contributed by atoms with E-state index in [1.807, 2.05) is 0 Å². The first-order chi connectivity index (χ1) is 20.2. The number of nitrogens with two attached hydrogens (primary N) is 2. The Morgan fingerprint density at radius 2 is 1.74 bits per heavy atom. The summed E-state index contributed by atoms with van der Waals surface area (Å²) in [6, 6.07) is 8.61. The molecule has 3 rings (SSSR count). The van der Waals surface area contributed by atoms with Crippen LogP contribution in [0.1, 0.15) is 55.6 Å². The third kappa shape index (κ3) is 10.1. The van der Waals surface area contributed by atoms with Gasteiger partial charge in [0.15, 0.2) is 0 Å². The van der Waals surface area contributed by atoms with Crippen LogP contribution < -0.4 is 22.1 Å². The number of hydrogen-bond donors (Lipinski definition) is 6. The normalized spacial score (nSPS) is 14.3. The number of hydrogen-bond acceptors (Lipinski definition) is 8. The molecule has 4 atom stereocenters. The lowest BCUT2D eigenvalue weighted by Crippen LogP contribution is -2.59. The van der Waals surface area contributed by atoms with Crippen molar-refractivity contribution in [2.24, 2.45) is 17.4 Å². The average Bonchev–Trinajstić information content (AvgIpc) is 2.93. The number of carboxylic acid groups (broad SMARTS) is 1. The second kappa shape index (κ2) is 14.6. The molecule has 230 valence electrons. The average molecular weight is 597 g/mol. The Bertz CT molecular complexity index is 1460. The number of fused-ring (bicyclic) bond motifs is 1. The molecule has 0 aliphatic rings. The smallest absolute Gasteiger partial charge is 0.323 e. The summed E-state index contributed by atoms with van der Waals surface area (Å²) in [6.45, 7) is 3.24. The molecule has 0 saturated heterocycles. The molecule has 8 N–H and O–H groups in total. The summed E-state index contributed by atoms with van der Waals surface area (Å²) < 4.78 is 14.0. The summed E-state index contributed by atoms with van der Waals surface area (Å²) in [5.41, 5.74) is 11.6. The first kappa shape index (κ1) is 33.0. The van der Waals surface area contributed by atoms with Crippen molar-refractivity contribution < 1.29 is 33.8 Å². The minimum absolute atomic E-state index is 0.00868. The van der Waals surface area contributed by atoms with Gasteiger partial charge in [-0.1, -0.05) is 24.3 Å². The van der Waals surface area contributed by atoms with Gasteiger partial charge in [0.1, 0.15) is 23.6 Å². The zero-order valence-electron chi connectivity index (χ0n) is 24.0. The molecule has 1 unspecified atom stereocenters. The highest BCUT2D eigenvalue weighted by Crippen LogP contribution is 2.22. The molecule has 0 aliphatic heterocycles. The van der Waals surface area contributed by atoms with Crippen molar-refractivity contribution in [1.82, 2.24) is 20.6 Å². The number of nitrogens with one attached hydrogen (secondary N) is 2. The van der Waals surface area contributed by atoms with Crippen molar-refractivity contribution in [3.05, 3.63) is 71.8 Å². The Labute approximate surface area is 248 Å². The van der Waals surface area contributed by atoms with Gasteiger partial charge in [0.25, 0.3) is 5.91 Å². The highest BCUT2D eigenvalue weighted by atomic mass is 19.1. The SMILES string of the molecule is CC(C)(O)CCC[C@H](C[C@@H](Cc1cccc(F)c1)NC(=O)c1cnc2ccccc2n1)C(=O)N[C@@H](C(N)=O)C(N)C(=O)O. The van der Waals surface area contributed by atoms with Gasteiger partial charge in [-0.05, 0) is 75.8 Å². The Balaban J connectivity index is 1.90. The Hall–Kier alpha value is -4.49. The van der Waals surface area contributed by atoms with Crippen LogP contribution in [0.5, 0.6) is 0 Å². The lowest BCUT2D eigenvalue weighted by atomic mass is 9.88. The first-order valence-corrected chi connectivity index (χ1v) is 13.8. The molecule has 12 nitrogen and oxygen atoms in total. The zero-order valence-corrected chi connectivity index (χ0v) is 24.0. The summed E-state index contributed by atoms with van der Waals surface area (Å²) in [4.78, 5) is 58.8. The van der Waals surface area contributed by atoms with E-state index in [1.165, 1.54) is 24.4 Å². The lowest BCUT2D eigenvalue weighted by molar-refractivity contribution is -0.142. The third-order valence-electron chi connectivity index (χ3n) is 6.92. The van der Waals surface area contributed by atoms with Crippen LogP contribution in [0.15, 0.2) is 54.7 Å². The topological polar surface area (TPSA) is 211 Å². The summed E-state index contributed by atoms with van der Waals surface area (Å²) in [7, 11) is 0. The van der Waals surface area contributed by atoms with Crippen LogP contribution in [0.4, 0.5) is 4.39 Å². The van der Waals surface area contributed by atoms with Crippen molar-refractivity contribution in [3.8, 4) is 0 Å². The summed E-state index contributed by atoms with van der Waals surface area (Å²) >= 11 is 0. The molecule has 3 aromatic rings.